The lowest BCUT2D eigenvalue weighted by molar-refractivity contribution is 1.04. The van der Waals surface area contributed by atoms with E-state index in [4.69, 9.17) is 5.73 Å². The number of benzene rings is 1. The Morgan fingerprint density at radius 1 is 1.16 bits per heavy atom. The first-order valence-electron chi connectivity index (χ1n) is 6.05. The van der Waals surface area contributed by atoms with Crippen molar-refractivity contribution in [2.75, 3.05) is 5.73 Å². The molecule has 1 aromatic carbocycles. The first-order valence-corrected chi connectivity index (χ1v) is 6.05. The number of nitrogen functional groups attached to an aromatic ring is 1. The molecule has 0 atom stereocenters. The minimum Gasteiger partial charge on any atom is -0.399 e. The molecule has 0 saturated heterocycles. The lowest BCUT2D eigenvalue weighted by Crippen LogP contribution is -1.98. The molecule has 0 aliphatic rings. The Kier molecular flexibility index (Phi) is 2.76. The zero-order chi connectivity index (χ0) is 13.2. The third-order valence-electron chi connectivity index (χ3n) is 2.92. The molecule has 0 unspecified atom stereocenters. The van der Waals surface area contributed by atoms with E-state index in [0.29, 0.717) is 0 Å². The largest absolute Gasteiger partial charge is 0.399 e. The summed E-state index contributed by atoms with van der Waals surface area (Å²) in [6.45, 7) is 2.02. The summed E-state index contributed by atoms with van der Waals surface area (Å²) < 4.78 is 2.01. The number of anilines is 1. The number of pyridine rings is 1. The normalized spacial score (nSPS) is 10.6. The van der Waals surface area contributed by atoms with Crippen LogP contribution in [0, 0.1) is 6.92 Å². The summed E-state index contributed by atoms with van der Waals surface area (Å²) in [5.41, 5.74) is 9.66. The fourth-order valence-electron chi connectivity index (χ4n) is 2.07. The number of aryl methyl sites for hydroxylation is 1. The van der Waals surface area contributed by atoms with Crippen LogP contribution in [0.25, 0.3) is 17.1 Å². The molecule has 3 rings (SSSR count). The minimum atomic E-state index is 0.731. The third-order valence-corrected chi connectivity index (χ3v) is 2.92. The Balaban J connectivity index is 2.13. The molecule has 2 aromatic heterocycles. The minimum absolute atomic E-state index is 0.731. The predicted octanol–water partition coefficient (Wildman–Crippen LogP) is 2.82. The second kappa shape index (κ2) is 4.57. The Morgan fingerprint density at radius 3 is 2.84 bits per heavy atom. The van der Waals surface area contributed by atoms with Crippen LogP contribution < -0.4 is 5.73 Å². The number of aromatic nitrogens is 3. The first kappa shape index (κ1) is 11.5. The molecule has 0 radical (unpaired) electrons. The first-order chi connectivity index (χ1) is 9.24. The van der Waals surface area contributed by atoms with Crippen LogP contribution in [-0.2, 0) is 0 Å². The van der Waals surface area contributed by atoms with Crippen molar-refractivity contribution < 1.29 is 0 Å². The number of nitrogens with zero attached hydrogens (tertiary/aromatic N) is 3. The summed E-state index contributed by atoms with van der Waals surface area (Å²) in [6.07, 6.45) is 7.36. The standard InChI is InChI=1S/C15H14N4/c1-11-7-14(10-17-9-11)19-6-5-18-15(19)12-3-2-4-13(16)8-12/h2-10H,16H2,1H3. The lowest BCUT2D eigenvalue weighted by Gasteiger charge is -2.08. The summed E-state index contributed by atoms with van der Waals surface area (Å²) in [7, 11) is 0. The zero-order valence-electron chi connectivity index (χ0n) is 10.6. The average molecular weight is 250 g/mol. The van der Waals surface area contributed by atoms with E-state index in [1.54, 1.807) is 6.20 Å². The monoisotopic (exact) mass is 250 g/mol. The summed E-state index contributed by atoms with van der Waals surface area (Å²) in [5.74, 6) is 0.861. The topological polar surface area (TPSA) is 56.7 Å². The van der Waals surface area contributed by atoms with Gasteiger partial charge in [0.2, 0.25) is 0 Å². The highest BCUT2D eigenvalue weighted by atomic mass is 15.1. The maximum absolute atomic E-state index is 5.83. The fraction of sp³-hybridized carbons (Fsp3) is 0.0667. The van der Waals surface area contributed by atoms with E-state index in [0.717, 1.165) is 28.3 Å². The van der Waals surface area contributed by atoms with Crippen LogP contribution >= 0.6 is 0 Å². The summed E-state index contributed by atoms with van der Waals surface area (Å²) >= 11 is 0. The van der Waals surface area contributed by atoms with Crippen LogP contribution in [0.4, 0.5) is 5.69 Å². The molecule has 4 heteroatoms. The molecular formula is C15H14N4. The van der Waals surface area contributed by atoms with Gasteiger partial charge < -0.3 is 5.73 Å². The van der Waals surface area contributed by atoms with Gasteiger partial charge >= 0.3 is 0 Å². The Labute approximate surface area is 111 Å². The van der Waals surface area contributed by atoms with Crippen LogP contribution in [0.2, 0.25) is 0 Å². The van der Waals surface area contributed by atoms with Crippen molar-refractivity contribution >= 4 is 5.69 Å². The molecule has 0 aliphatic heterocycles. The van der Waals surface area contributed by atoms with Gasteiger partial charge in [-0.15, -0.1) is 0 Å². The van der Waals surface area contributed by atoms with Crippen molar-refractivity contribution in [1.82, 2.24) is 14.5 Å². The molecule has 0 fully saturated rings. The SMILES string of the molecule is Cc1cncc(-n2ccnc2-c2cccc(N)c2)c1. The Bertz CT molecular complexity index is 655. The summed E-state index contributed by atoms with van der Waals surface area (Å²) in [5, 5.41) is 0. The van der Waals surface area contributed by atoms with Crippen LogP contribution in [-0.4, -0.2) is 14.5 Å². The highest BCUT2D eigenvalue weighted by molar-refractivity contribution is 5.63. The summed E-state index contributed by atoms with van der Waals surface area (Å²) in [6, 6.07) is 9.79. The maximum atomic E-state index is 5.83. The number of rotatable bonds is 2. The molecule has 2 heterocycles. The van der Waals surface area contributed by atoms with Gasteiger partial charge in [-0.05, 0) is 30.7 Å². The molecule has 2 N–H and O–H groups in total. The molecule has 94 valence electrons. The van der Waals surface area contributed by atoms with E-state index in [1.807, 2.05) is 54.3 Å². The van der Waals surface area contributed by atoms with Gasteiger partial charge in [0.1, 0.15) is 5.82 Å². The lowest BCUT2D eigenvalue weighted by atomic mass is 10.2. The predicted molar refractivity (Wildman–Crippen MR) is 75.9 cm³/mol. The van der Waals surface area contributed by atoms with E-state index in [1.165, 1.54) is 0 Å². The van der Waals surface area contributed by atoms with Crippen LogP contribution in [0.3, 0.4) is 0 Å². The molecule has 0 spiro atoms. The molecule has 0 amide bonds. The van der Waals surface area contributed by atoms with E-state index in [-0.39, 0.29) is 0 Å². The van der Waals surface area contributed by atoms with Crippen LogP contribution in [0.1, 0.15) is 5.56 Å². The van der Waals surface area contributed by atoms with E-state index in [9.17, 15) is 0 Å². The van der Waals surface area contributed by atoms with Gasteiger partial charge in [0, 0.05) is 29.8 Å². The molecule has 19 heavy (non-hydrogen) atoms. The maximum Gasteiger partial charge on any atom is 0.144 e. The second-order valence-electron chi connectivity index (χ2n) is 4.47. The molecule has 0 saturated carbocycles. The molecule has 4 nitrogen and oxygen atoms in total. The van der Waals surface area contributed by atoms with Gasteiger partial charge in [-0.25, -0.2) is 4.98 Å². The number of hydrogen-bond acceptors (Lipinski definition) is 3. The van der Waals surface area contributed by atoms with Crippen molar-refractivity contribution in [3.8, 4) is 17.1 Å². The smallest absolute Gasteiger partial charge is 0.144 e. The molecule has 3 aromatic rings. The highest BCUT2D eigenvalue weighted by Gasteiger charge is 2.08. The van der Waals surface area contributed by atoms with E-state index in [2.05, 4.69) is 16.0 Å². The Hall–Kier alpha value is -2.62. The van der Waals surface area contributed by atoms with Crippen molar-refractivity contribution in [3.63, 3.8) is 0 Å². The van der Waals surface area contributed by atoms with Crippen molar-refractivity contribution in [2.24, 2.45) is 0 Å². The molecule has 0 bridgehead atoms. The summed E-state index contributed by atoms with van der Waals surface area (Å²) in [4.78, 5) is 8.63. The quantitative estimate of drug-likeness (QED) is 0.711. The van der Waals surface area contributed by atoms with Crippen molar-refractivity contribution in [2.45, 2.75) is 6.92 Å². The van der Waals surface area contributed by atoms with E-state index < -0.39 is 0 Å². The third kappa shape index (κ3) is 2.20. The molecular weight excluding hydrogens is 236 g/mol. The average Bonchev–Trinajstić information content (AvgIpc) is 2.88. The Morgan fingerprint density at radius 2 is 2.05 bits per heavy atom. The van der Waals surface area contributed by atoms with Gasteiger partial charge in [0.15, 0.2) is 0 Å². The van der Waals surface area contributed by atoms with Gasteiger partial charge in [0.05, 0.1) is 11.9 Å². The van der Waals surface area contributed by atoms with Gasteiger partial charge in [-0.2, -0.15) is 0 Å². The van der Waals surface area contributed by atoms with Crippen molar-refractivity contribution in [3.05, 3.63) is 60.7 Å². The number of nitrogens with two attached hydrogens (primary N) is 1. The zero-order valence-corrected chi connectivity index (χ0v) is 10.6. The highest BCUT2D eigenvalue weighted by Crippen LogP contribution is 2.22. The fourth-order valence-corrected chi connectivity index (χ4v) is 2.07. The van der Waals surface area contributed by atoms with Crippen LogP contribution in [0.15, 0.2) is 55.1 Å². The number of imidazole rings is 1. The van der Waals surface area contributed by atoms with Crippen LogP contribution in [0.5, 0.6) is 0 Å². The van der Waals surface area contributed by atoms with Crippen molar-refractivity contribution in [1.29, 1.82) is 0 Å². The van der Waals surface area contributed by atoms with Gasteiger partial charge in [0.25, 0.3) is 0 Å². The van der Waals surface area contributed by atoms with Gasteiger partial charge in [-0.1, -0.05) is 12.1 Å². The molecule has 0 aliphatic carbocycles. The second-order valence-corrected chi connectivity index (χ2v) is 4.47. The van der Waals surface area contributed by atoms with Gasteiger partial charge in [-0.3, -0.25) is 9.55 Å². The van der Waals surface area contributed by atoms with E-state index >= 15 is 0 Å². The number of hydrogen-bond donors (Lipinski definition) is 1.